The number of guanidine groups is 1. The van der Waals surface area contributed by atoms with E-state index in [4.69, 9.17) is 4.74 Å². The lowest BCUT2D eigenvalue weighted by Gasteiger charge is -2.36. The van der Waals surface area contributed by atoms with Gasteiger partial charge in [-0.2, -0.15) is 0 Å². The fraction of sp³-hybridized carbons (Fsp3) is 0.708. The van der Waals surface area contributed by atoms with Gasteiger partial charge in [0.05, 0.1) is 0 Å². The van der Waals surface area contributed by atoms with E-state index in [0.29, 0.717) is 5.41 Å². The number of nitrogens with zero attached hydrogens (tertiary/aromatic N) is 3. The Morgan fingerprint density at radius 1 is 1.06 bits per heavy atom. The second-order valence-corrected chi connectivity index (χ2v) is 8.82. The van der Waals surface area contributed by atoms with Crippen molar-refractivity contribution in [1.82, 2.24) is 15.5 Å². The van der Waals surface area contributed by atoms with Crippen LogP contribution in [-0.2, 0) is 4.74 Å². The van der Waals surface area contributed by atoms with E-state index in [0.717, 1.165) is 71.2 Å². The number of ether oxygens (including phenoxy) is 1. The van der Waals surface area contributed by atoms with Gasteiger partial charge in [-0.05, 0) is 49.8 Å². The van der Waals surface area contributed by atoms with E-state index >= 15 is 0 Å². The van der Waals surface area contributed by atoms with Gasteiger partial charge in [0.25, 0.3) is 0 Å². The van der Waals surface area contributed by atoms with Crippen LogP contribution in [0.1, 0.15) is 38.5 Å². The minimum atomic E-state index is 0. The van der Waals surface area contributed by atoms with Gasteiger partial charge in [-0.15, -0.1) is 24.0 Å². The molecule has 1 aromatic rings. The molecular weight excluding hydrogens is 501 g/mol. The van der Waals surface area contributed by atoms with Crippen LogP contribution >= 0.6 is 24.0 Å². The van der Waals surface area contributed by atoms with Crippen molar-refractivity contribution >= 4 is 35.6 Å². The summed E-state index contributed by atoms with van der Waals surface area (Å²) < 4.78 is 5.35. The Kier molecular flexibility index (Phi) is 12.0. The smallest absolute Gasteiger partial charge is 0.190 e. The second-order valence-electron chi connectivity index (χ2n) is 8.82. The summed E-state index contributed by atoms with van der Waals surface area (Å²) in [5.74, 6) is 0.938. The zero-order valence-corrected chi connectivity index (χ0v) is 21.8. The maximum absolute atomic E-state index is 5.35. The van der Waals surface area contributed by atoms with Crippen molar-refractivity contribution in [3.05, 3.63) is 30.3 Å². The molecule has 2 N–H and O–H groups in total. The predicted molar refractivity (Wildman–Crippen MR) is 142 cm³/mol. The molecular formula is C24H42IN5O. The zero-order chi connectivity index (χ0) is 21.1. The van der Waals surface area contributed by atoms with Gasteiger partial charge in [-0.3, -0.25) is 9.89 Å². The van der Waals surface area contributed by atoms with Gasteiger partial charge in [0.15, 0.2) is 5.96 Å². The third-order valence-corrected chi connectivity index (χ3v) is 6.79. The number of halogens is 1. The van der Waals surface area contributed by atoms with Crippen LogP contribution in [0.4, 0.5) is 5.69 Å². The molecule has 0 radical (unpaired) electrons. The predicted octanol–water partition coefficient (Wildman–Crippen LogP) is 3.58. The molecule has 2 aliphatic rings. The quantitative estimate of drug-likeness (QED) is 0.205. The summed E-state index contributed by atoms with van der Waals surface area (Å²) in [6.45, 7) is 8.47. The molecule has 1 aliphatic heterocycles. The molecule has 0 amide bonds. The molecule has 0 unspecified atom stereocenters. The third-order valence-electron chi connectivity index (χ3n) is 6.79. The molecule has 6 nitrogen and oxygen atoms in total. The van der Waals surface area contributed by atoms with Gasteiger partial charge < -0.3 is 20.3 Å². The normalized spacial score (nSPS) is 19.2. The number of piperazine rings is 1. The Hall–Kier alpha value is -1.06. The number of para-hydroxylation sites is 1. The highest BCUT2D eigenvalue weighted by Crippen LogP contribution is 2.40. The molecule has 1 saturated carbocycles. The minimum Gasteiger partial charge on any atom is -0.385 e. The monoisotopic (exact) mass is 543 g/mol. The van der Waals surface area contributed by atoms with Crippen LogP contribution in [0.25, 0.3) is 0 Å². The van der Waals surface area contributed by atoms with Crippen molar-refractivity contribution in [2.75, 3.05) is 71.5 Å². The van der Waals surface area contributed by atoms with Crippen LogP contribution in [-0.4, -0.2) is 77.4 Å². The van der Waals surface area contributed by atoms with Gasteiger partial charge in [0, 0.05) is 65.7 Å². The number of benzene rings is 1. The Labute approximate surface area is 206 Å². The Bertz CT molecular complexity index is 628. The van der Waals surface area contributed by atoms with Crippen molar-refractivity contribution in [3.63, 3.8) is 0 Å². The molecule has 1 heterocycles. The molecule has 1 aromatic carbocycles. The van der Waals surface area contributed by atoms with Crippen molar-refractivity contribution < 1.29 is 4.74 Å². The summed E-state index contributed by atoms with van der Waals surface area (Å²) in [6.07, 6.45) is 7.57. The lowest BCUT2D eigenvalue weighted by molar-refractivity contribution is 0.138. The summed E-state index contributed by atoms with van der Waals surface area (Å²) in [5, 5.41) is 7.10. The van der Waals surface area contributed by atoms with Crippen LogP contribution in [0.5, 0.6) is 0 Å². The van der Waals surface area contributed by atoms with E-state index in [1.165, 1.54) is 31.4 Å². The maximum atomic E-state index is 5.35. The molecule has 0 atom stereocenters. The summed E-state index contributed by atoms with van der Waals surface area (Å²) in [7, 11) is 3.67. The van der Waals surface area contributed by atoms with Crippen molar-refractivity contribution in [3.8, 4) is 0 Å². The minimum absolute atomic E-state index is 0. The van der Waals surface area contributed by atoms with Crippen LogP contribution in [0.2, 0.25) is 0 Å². The van der Waals surface area contributed by atoms with Crippen LogP contribution < -0.4 is 15.5 Å². The maximum Gasteiger partial charge on any atom is 0.190 e. The van der Waals surface area contributed by atoms with Crippen molar-refractivity contribution in [2.45, 2.75) is 38.5 Å². The molecule has 1 aliphatic carbocycles. The van der Waals surface area contributed by atoms with E-state index in [1.54, 1.807) is 7.11 Å². The Morgan fingerprint density at radius 2 is 1.77 bits per heavy atom. The zero-order valence-electron chi connectivity index (χ0n) is 19.4. The fourth-order valence-electron chi connectivity index (χ4n) is 4.83. The second kappa shape index (κ2) is 14.2. The number of methoxy groups -OCH3 is 1. The highest BCUT2D eigenvalue weighted by Gasteiger charge is 2.33. The summed E-state index contributed by atoms with van der Waals surface area (Å²) in [5.41, 5.74) is 1.73. The molecule has 3 rings (SSSR count). The number of aliphatic imine (C=N–C) groups is 1. The first-order valence-electron chi connectivity index (χ1n) is 11.7. The van der Waals surface area contributed by atoms with Gasteiger partial charge >= 0.3 is 0 Å². The van der Waals surface area contributed by atoms with E-state index in [1.807, 2.05) is 7.05 Å². The van der Waals surface area contributed by atoms with Gasteiger partial charge in [0.1, 0.15) is 0 Å². The van der Waals surface area contributed by atoms with Crippen molar-refractivity contribution in [1.29, 1.82) is 0 Å². The molecule has 176 valence electrons. The van der Waals surface area contributed by atoms with Gasteiger partial charge in [0.2, 0.25) is 0 Å². The standard InChI is InChI=1S/C24H41N5O.HI/c1-25-23(27-21-24(13-20-30-2)11-6-7-12-24)26-14-8-15-28-16-18-29(19-17-28)22-9-4-3-5-10-22;/h3-5,9-10H,6-8,11-21H2,1-2H3,(H2,25,26,27);1H. The van der Waals surface area contributed by atoms with Gasteiger partial charge in [-0.25, -0.2) is 0 Å². The first-order valence-corrected chi connectivity index (χ1v) is 11.7. The highest BCUT2D eigenvalue weighted by atomic mass is 127. The Balaban J connectivity index is 0.00000341. The largest absolute Gasteiger partial charge is 0.385 e. The number of hydrogen-bond donors (Lipinski definition) is 2. The highest BCUT2D eigenvalue weighted by molar-refractivity contribution is 14.0. The number of nitrogens with one attached hydrogen (secondary N) is 2. The van der Waals surface area contributed by atoms with Crippen LogP contribution in [0.3, 0.4) is 0 Å². The first kappa shape index (κ1) is 26.2. The lowest BCUT2D eigenvalue weighted by atomic mass is 9.83. The molecule has 1 saturated heterocycles. The summed E-state index contributed by atoms with van der Waals surface area (Å²) >= 11 is 0. The van der Waals surface area contributed by atoms with Crippen molar-refractivity contribution in [2.24, 2.45) is 10.4 Å². The third kappa shape index (κ3) is 8.42. The van der Waals surface area contributed by atoms with E-state index in [9.17, 15) is 0 Å². The summed E-state index contributed by atoms with van der Waals surface area (Å²) in [4.78, 5) is 9.50. The first-order chi connectivity index (χ1) is 14.7. The average molecular weight is 544 g/mol. The van der Waals surface area contributed by atoms with Gasteiger partial charge in [-0.1, -0.05) is 31.0 Å². The molecule has 0 aromatic heterocycles. The van der Waals surface area contributed by atoms with Crippen LogP contribution in [0, 0.1) is 5.41 Å². The summed E-state index contributed by atoms with van der Waals surface area (Å²) in [6, 6.07) is 10.8. The van der Waals surface area contributed by atoms with E-state index < -0.39 is 0 Å². The topological polar surface area (TPSA) is 52.1 Å². The molecule has 31 heavy (non-hydrogen) atoms. The number of hydrogen-bond acceptors (Lipinski definition) is 4. The number of rotatable bonds is 10. The Morgan fingerprint density at radius 3 is 2.42 bits per heavy atom. The van der Waals surface area contributed by atoms with Crippen LogP contribution in [0.15, 0.2) is 35.3 Å². The lowest BCUT2D eigenvalue weighted by Crippen LogP contribution is -2.47. The van der Waals surface area contributed by atoms with E-state index in [2.05, 4.69) is 55.8 Å². The molecule has 0 bridgehead atoms. The fourth-order valence-corrected chi connectivity index (χ4v) is 4.83. The SMILES string of the molecule is CN=C(NCCCN1CCN(c2ccccc2)CC1)NCC1(CCOC)CCCC1.I. The number of anilines is 1. The molecule has 0 spiro atoms. The van der Waals surface area contributed by atoms with E-state index in [-0.39, 0.29) is 24.0 Å². The molecule has 2 fully saturated rings. The average Bonchev–Trinajstić information content (AvgIpc) is 3.27. The molecule has 7 heteroatoms.